The number of amides is 1. The van der Waals surface area contributed by atoms with Gasteiger partial charge in [-0.2, -0.15) is 0 Å². The van der Waals surface area contributed by atoms with Gasteiger partial charge in [0.05, 0.1) is 0 Å². The van der Waals surface area contributed by atoms with Gasteiger partial charge in [0.1, 0.15) is 29.1 Å². The Morgan fingerprint density at radius 2 is 1.72 bits per heavy atom. The third kappa shape index (κ3) is 5.85. The number of nitrogens with zero attached hydrogens (tertiary/aromatic N) is 3. The Morgan fingerprint density at radius 1 is 1.07 bits per heavy atom. The van der Waals surface area contributed by atoms with E-state index in [9.17, 15) is 13.6 Å². The second kappa shape index (κ2) is 9.15. The Labute approximate surface area is 169 Å². The van der Waals surface area contributed by atoms with Gasteiger partial charge in [-0.1, -0.05) is 0 Å². The predicted molar refractivity (Wildman–Crippen MR) is 109 cm³/mol. The monoisotopic (exact) mass is 403 g/mol. The van der Waals surface area contributed by atoms with E-state index in [0.717, 1.165) is 61.3 Å². The van der Waals surface area contributed by atoms with E-state index in [4.69, 9.17) is 0 Å². The highest BCUT2D eigenvalue weighted by molar-refractivity contribution is 5.94. The van der Waals surface area contributed by atoms with Crippen LogP contribution < -0.4 is 15.5 Å². The molecule has 1 aromatic heterocycles. The maximum absolute atomic E-state index is 13.3. The lowest BCUT2D eigenvalue weighted by molar-refractivity contribution is 0.0942. The van der Waals surface area contributed by atoms with Crippen molar-refractivity contribution in [2.45, 2.75) is 38.6 Å². The fourth-order valence-electron chi connectivity index (χ4n) is 3.60. The van der Waals surface area contributed by atoms with Crippen LogP contribution in [0.2, 0.25) is 0 Å². The van der Waals surface area contributed by atoms with Crippen LogP contribution in [0.25, 0.3) is 0 Å². The quantitative estimate of drug-likeness (QED) is 0.772. The Hall–Kier alpha value is -2.77. The third-order valence-electron chi connectivity index (χ3n) is 5.16. The predicted octanol–water partition coefficient (Wildman–Crippen LogP) is 3.53. The van der Waals surface area contributed by atoms with Gasteiger partial charge in [0.15, 0.2) is 0 Å². The van der Waals surface area contributed by atoms with Crippen LogP contribution >= 0.6 is 0 Å². The van der Waals surface area contributed by atoms with E-state index in [1.165, 1.54) is 0 Å². The van der Waals surface area contributed by atoms with E-state index in [0.29, 0.717) is 18.5 Å². The first-order valence-corrected chi connectivity index (χ1v) is 9.84. The molecular formula is C21H27F2N5O. The zero-order chi connectivity index (χ0) is 21.0. The third-order valence-corrected chi connectivity index (χ3v) is 5.16. The molecule has 2 N–H and O–H groups in total. The molecule has 29 heavy (non-hydrogen) atoms. The molecule has 0 bridgehead atoms. The van der Waals surface area contributed by atoms with E-state index in [1.807, 2.05) is 32.0 Å². The van der Waals surface area contributed by atoms with Crippen molar-refractivity contribution in [3.63, 3.8) is 0 Å². The van der Waals surface area contributed by atoms with E-state index in [1.54, 1.807) is 0 Å². The Bertz CT molecular complexity index is 846. The molecule has 1 amide bonds. The van der Waals surface area contributed by atoms with Crippen molar-refractivity contribution in [2.24, 2.45) is 5.92 Å². The van der Waals surface area contributed by atoms with Crippen molar-refractivity contribution in [2.75, 3.05) is 30.9 Å². The van der Waals surface area contributed by atoms with Crippen molar-refractivity contribution < 1.29 is 13.6 Å². The molecule has 3 rings (SSSR count). The first-order chi connectivity index (χ1) is 13.8. The largest absolute Gasteiger partial charge is 0.367 e. The Balaban J connectivity index is 1.48. The summed E-state index contributed by atoms with van der Waals surface area (Å²) in [4.78, 5) is 23.0. The number of carbonyl (C=O) groups is 1. The van der Waals surface area contributed by atoms with Gasteiger partial charge in [-0.05, 0) is 50.7 Å². The number of halogens is 2. The SMILES string of the molecule is Cc1nc(N[C@H]2CC[C@@H](CNC(=O)c3cc(F)cc(F)c3)CC2)cc(N(C)C)n1. The smallest absolute Gasteiger partial charge is 0.251 e. The summed E-state index contributed by atoms with van der Waals surface area (Å²) in [5.41, 5.74) is 0.00804. The second-order valence-electron chi connectivity index (χ2n) is 7.78. The number of anilines is 2. The number of nitrogens with one attached hydrogen (secondary N) is 2. The highest BCUT2D eigenvalue weighted by Crippen LogP contribution is 2.26. The molecule has 0 atom stereocenters. The molecule has 0 unspecified atom stereocenters. The molecule has 0 saturated heterocycles. The number of hydrogen-bond donors (Lipinski definition) is 2. The van der Waals surface area contributed by atoms with Crippen LogP contribution in [-0.2, 0) is 0 Å². The fourth-order valence-corrected chi connectivity index (χ4v) is 3.60. The van der Waals surface area contributed by atoms with E-state index >= 15 is 0 Å². The van der Waals surface area contributed by atoms with Crippen LogP contribution in [-0.4, -0.2) is 42.6 Å². The van der Waals surface area contributed by atoms with Gasteiger partial charge in [0.25, 0.3) is 5.91 Å². The first-order valence-electron chi connectivity index (χ1n) is 9.84. The van der Waals surface area contributed by atoms with Crippen LogP contribution in [0.4, 0.5) is 20.4 Å². The van der Waals surface area contributed by atoms with Crippen molar-refractivity contribution in [1.29, 1.82) is 0 Å². The summed E-state index contributed by atoms with van der Waals surface area (Å²) >= 11 is 0. The second-order valence-corrected chi connectivity index (χ2v) is 7.78. The van der Waals surface area contributed by atoms with Crippen LogP contribution in [0.15, 0.2) is 24.3 Å². The molecule has 1 aliphatic rings. The van der Waals surface area contributed by atoms with Crippen LogP contribution in [0, 0.1) is 24.5 Å². The van der Waals surface area contributed by atoms with Crippen molar-refractivity contribution in [3.8, 4) is 0 Å². The average molecular weight is 403 g/mol. The minimum atomic E-state index is -0.751. The lowest BCUT2D eigenvalue weighted by atomic mass is 9.86. The Morgan fingerprint density at radius 3 is 2.34 bits per heavy atom. The van der Waals surface area contributed by atoms with Gasteiger partial charge in [-0.3, -0.25) is 4.79 Å². The average Bonchev–Trinajstić information content (AvgIpc) is 2.66. The summed E-state index contributed by atoms with van der Waals surface area (Å²) < 4.78 is 26.5. The molecule has 1 heterocycles. The zero-order valence-electron chi connectivity index (χ0n) is 17.0. The summed E-state index contributed by atoms with van der Waals surface area (Å²) in [5.74, 6) is 0.814. The summed E-state index contributed by atoms with van der Waals surface area (Å²) in [6, 6.07) is 5.11. The number of aromatic nitrogens is 2. The molecule has 0 spiro atoms. The molecule has 2 aromatic rings. The number of benzene rings is 1. The first kappa shape index (κ1) is 21.0. The fraction of sp³-hybridized carbons (Fsp3) is 0.476. The summed E-state index contributed by atoms with van der Waals surface area (Å²) in [6.07, 6.45) is 3.85. The molecule has 1 aliphatic carbocycles. The maximum Gasteiger partial charge on any atom is 0.251 e. The van der Waals surface area contributed by atoms with Crippen molar-refractivity contribution in [1.82, 2.24) is 15.3 Å². The van der Waals surface area contributed by atoms with Gasteiger partial charge in [0, 0.05) is 44.4 Å². The van der Waals surface area contributed by atoms with Crippen molar-refractivity contribution >= 4 is 17.5 Å². The molecule has 8 heteroatoms. The minimum absolute atomic E-state index is 0.00804. The maximum atomic E-state index is 13.3. The molecule has 6 nitrogen and oxygen atoms in total. The highest BCUT2D eigenvalue weighted by atomic mass is 19.1. The summed E-state index contributed by atoms with van der Waals surface area (Å²) in [7, 11) is 3.90. The number of carbonyl (C=O) groups excluding carboxylic acids is 1. The highest BCUT2D eigenvalue weighted by Gasteiger charge is 2.22. The van der Waals surface area contributed by atoms with Crippen LogP contribution in [0.3, 0.4) is 0 Å². The molecule has 1 saturated carbocycles. The topological polar surface area (TPSA) is 70.2 Å². The summed E-state index contributed by atoms with van der Waals surface area (Å²) in [6.45, 7) is 2.38. The van der Waals surface area contributed by atoms with E-state index in [2.05, 4.69) is 20.6 Å². The van der Waals surface area contributed by atoms with Gasteiger partial charge < -0.3 is 15.5 Å². The summed E-state index contributed by atoms with van der Waals surface area (Å²) in [5, 5.41) is 6.29. The van der Waals surface area contributed by atoms with Crippen molar-refractivity contribution in [3.05, 3.63) is 47.3 Å². The van der Waals surface area contributed by atoms with E-state index < -0.39 is 17.5 Å². The van der Waals surface area contributed by atoms with Gasteiger partial charge >= 0.3 is 0 Å². The number of aryl methyl sites for hydroxylation is 1. The lowest BCUT2D eigenvalue weighted by Crippen LogP contribution is -2.34. The molecule has 0 aliphatic heterocycles. The van der Waals surface area contributed by atoms with E-state index in [-0.39, 0.29) is 5.56 Å². The van der Waals surface area contributed by atoms with Gasteiger partial charge in [0.2, 0.25) is 0 Å². The lowest BCUT2D eigenvalue weighted by Gasteiger charge is -2.29. The molecule has 1 fully saturated rings. The number of hydrogen-bond acceptors (Lipinski definition) is 5. The molecular weight excluding hydrogens is 376 g/mol. The van der Waals surface area contributed by atoms with Crippen LogP contribution in [0.5, 0.6) is 0 Å². The minimum Gasteiger partial charge on any atom is -0.367 e. The molecule has 0 radical (unpaired) electrons. The normalized spacial score (nSPS) is 18.9. The van der Waals surface area contributed by atoms with Crippen LogP contribution in [0.1, 0.15) is 41.9 Å². The van der Waals surface area contributed by atoms with Gasteiger partial charge in [-0.15, -0.1) is 0 Å². The molecule has 156 valence electrons. The number of rotatable bonds is 6. The Kier molecular flexibility index (Phi) is 6.61. The molecule has 1 aromatic carbocycles. The zero-order valence-corrected chi connectivity index (χ0v) is 17.0. The standard InChI is InChI=1S/C21H27F2N5O/c1-13-25-19(11-20(26-13)28(2)3)27-18-6-4-14(5-7-18)12-24-21(29)15-8-16(22)10-17(23)9-15/h8-11,14,18H,4-7,12H2,1-3H3,(H,24,29)(H,25,26,27)/t14-,18+. The van der Waals surface area contributed by atoms with Gasteiger partial charge in [-0.25, -0.2) is 18.7 Å².